The molecule has 0 atom stereocenters. The Labute approximate surface area is 360 Å². The Morgan fingerprint density at radius 3 is 1.52 bits per heavy atom. The largest absolute Gasteiger partial charge is 0.466 e. The topological polar surface area (TPSA) is 88.5 Å². The predicted octanol–water partition coefficient (Wildman–Crippen LogP) is 12.6. The van der Waals surface area contributed by atoms with Crippen LogP contribution in [-0.4, -0.2) is 98.6 Å². The quantitative estimate of drug-likeness (QED) is 0.0480. The van der Waals surface area contributed by atoms with Crippen LogP contribution < -0.4 is 0 Å². The van der Waals surface area contributed by atoms with E-state index >= 15 is 0 Å². The number of esters is 2. The molecule has 0 aromatic carbocycles. The van der Waals surface area contributed by atoms with Gasteiger partial charge in [-0.05, 0) is 76.8 Å². The normalized spacial score (nSPS) is 15.4. The molecule has 1 rings (SSSR count). The Morgan fingerprint density at radius 2 is 1.00 bits per heavy atom. The van der Waals surface area contributed by atoms with Crippen LogP contribution in [0.3, 0.4) is 0 Å². The molecule has 8 nitrogen and oxygen atoms in total. The number of ether oxygens (including phenoxy) is 3. The number of nitrogens with zero attached hydrogens (tertiary/aromatic N) is 2. The summed E-state index contributed by atoms with van der Waals surface area (Å²) in [6.45, 7) is 12.7. The number of methoxy groups -OCH3 is 1. The molecule has 0 amide bonds. The third-order valence-electron chi connectivity index (χ3n) is 12.6. The lowest BCUT2D eigenvalue weighted by molar-refractivity contribution is -0.145. The molecule has 1 N–H and O–H groups in total. The van der Waals surface area contributed by atoms with Crippen molar-refractivity contribution in [3.8, 4) is 0 Å². The summed E-state index contributed by atoms with van der Waals surface area (Å²) in [6.07, 6.45) is 39.0. The first-order chi connectivity index (χ1) is 28.5. The molecule has 1 aliphatic carbocycles. The van der Waals surface area contributed by atoms with Crippen molar-refractivity contribution in [3.63, 3.8) is 0 Å². The highest BCUT2D eigenvalue weighted by Gasteiger charge is 2.33. The predicted molar refractivity (Wildman–Crippen MR) is 244 cm³/mol. The van der Waals surface area contributed by atoms with Gasteiger partial charge in [0.05, 0.1) is 25.9 Å². The zero-order valence-electron chi connectivity index (χ0n) is 39.1. The Balaban J connectivity index is 2.32. The lowest BCUT2D eigenvalue weighted by atomic mass is 9.87. The molecule has 344 valence electrons. The number of unbranched alkanes of at least 4 members (excludes halogenated alkanes) is 22. The maximum atomic E-state index is 12.7. The SMILES string of the molecule is CCCCCCCCCCCOC(=O)CCCCCN(CCN(CCO)CCCCCC(=O)OCC(CCCCCCCC)CCCCCCCC)C1CC(OC)C1. The summed E-state index contributed by atoms with van der Waals surface area (Å²) in [5.74, 6) is 0.441. The first kappa shape index (κ1) is 54.8. The van der Waals surface area contributed by atoms with Crippen LogP contribution in [0.5, 0.6) is 0 Å². The van der Waals surface area contributed by atoms with Crippen LogP contribution in [0.2, 0.25) is 0 Å². The standard InChI is InChI=1S/C50H98N2O6/c1-5-8-11-14-17-18-19-22-31-42-57-49(54)34-28-24-30-37-52(47-43-48(44-47)56-4)39-38-51(40-41-53)36-29-23-27-35-50(55)58-45-46(32-25-20-15-12-9-6-2)33-26-21-16-13-10-7-3/h46-48,53H,5-45H2,1-4H3. The van der Waals surface area contributed by atoms with Gasteiger partial charge in [0.15, 0.2) is 0 Å². The van der Waals surface area contributed by atoms with Gasteiger partial charge in [0.1, 0.15) is 0 Å². The molecule has 58 heavy (non-hydrogen) atoms. The smallest absolute Gasteiger partial charge is 0.305 e. The van der Waals surface area contributed by atoms with Crippen LogP contribution in [0.4, 0.5) is 0 Å². The van der Waals surface area contributed by atoms with Crippen LogP contribution in [-0.2, 0) is 23.8 Å². The van der Waals surface area contributed by atoms with Gasteiger partial charge < -0.3 is 19.3 Å². The molecule has 0 aromatic heterocycles. The maximum Gasteiger partial charge on any atom is 0.305 e. The summed E-state index contributed by atoms with van der Waals surface area (Å²) < 4.78 is 17.0. The van der Waals surface area contributed by atoms with E-state index in [4.69, 9.17) is 14.2 Å². The van der Waals surface area contributed by atoms with Gasteiger partial charge in [-0.1, -0.05) is 162 Å². The fourth-order valence-corrected chi connectivity index (χ4v) is 8.49. The third-order valence-corrected chi connectivity index (χ3v) is 12.6. The molecule has 0 saturated heterocycles. The van der Waals surface area contributed by atoms with Crippen molar-refractivity contribution >= 4 is 11.9 Å². The molecule has 0 aliphatic heterocycles. The molecule has 1 saturated carbocycles. The number of rotatable bonds is 45. The highest BCUT2D eigenvalue weighted by Crippen LogP contribution is 2.28. The minimum atomic E-state index is -0.0406. The lowest BCUT2D eigenvalue weighted by Crippen LogP contribution is -2.50. The average molecular weight is 823 g/mol. The van der Waals surface area contributed by atoms with Crippen LogP contribution in [0.1, 0.15) is 233 Å². The monoisotopic (exact) mass is 823 g/mol. The summed E-state index contributed by atoms with van der Waals surface area (Å²) in [7, 11) is 1.81. The Morgan fingerprint density at radius 1 is 0.534 bits per heavy atom. The van der Waals surface area contributed by atoms with Gasteiger partial charge in [0.25, 0.3) is 0 Å². The third kappa shape index (κ3) is 32.5. The summed E-state index contributed by atoms with van der Waals surface area (Å²) in [5.41, 5.74) is 0. The Bertz CT molecular complexity index is 883. The van der Waals surface area contributed by atoms with E-state index in [2.05, 4.69) is 30.6 Å². The van der Waals surface area contributed by atoms with E-state index in [0.717, 1.165) is 90.4 Å². The highest BCUT2D eigenvalue weighted by molar-refractivity contribution is 5.69. The van der Waals surface area contributed by atoms with E-state index in [-0.39, 0.29) is 18.5 Å². The van der Waals surface area contributed by atoms with E-state index in [0.29, 0.717) is 50.7 Å². The van der Waals surface area contributed by atoms with Crippen LogP contribution in [0.25, 0.3) is 0 Å². The van der Waals surface area contributed by atoms with Crippen molar-refractivity contribution in [1.82, 2.24) is 9.80 Å². The van der Waals surface area contributed by atoms with Crippen molar-refractivity contribution in [3.05, 3.63) is 0 Å². The maximum absolute atomic E-state index is 12.7. The number of aliphatic hydroxyl groups is 1. The van der Waals surface area contributed by atoms with Gasteiger partial charge in [-0.25, -0.2) is 0 Å². The molecule has 0 unspecified atom stereocenters. The molecular weight excluding hydrogens is 725 g/mol. The second kappa shape index (κ2) is 41.1. The molecule has 1 aliphatic rings. The van der Waals surface area contributed by atoms with E-state index in [1.54, 1.807) is 0 Å². The average Bonchev–Trinajstić information content (AvgIpc) is 3.20. The van der Waals surface area contributed by atoms with Crippen LogP contribution >= 0.6 is 0 Å². The molecule has 0 heterocycles. The minimum absolute atomic E-state index is 0.0282. The first-order valence-corrected chi connectivity index (χ1v) is 25.4. The highest BCUT2D eigenvalue weighted by atomic mass is 16.5. The van der Waals surface area contributed by atoms with Gasteiger partial charge in [0.2, 0.25) is 0 Å². The molecule has 8 heteroatoms. The van der Waals surface area contributed by atoms with Crippen molar-refractivity contribution in [2.75, 3.05) is 59.7 Å². The van der Waals surface area contributed by atoms with Crippen molar-refractivity contribution in [1.29, 1.82) is 0 Å². The van der Waals surface area contributed by atoms with Gasteiger partial charge in [0, 0.05) is 45.6 Å². The van der Waals surface area contributed by atoms with Crippen LogP contribution in [0, 0.1) is 5.92 Å². The lowest BCUT2D eigenvalue weighted by Gasteiger charge is -2.43. The van der Waals surface area contributed by atoms with E-state index in [1.165, 1.54) is 135 Å². The van der Waals surface area contributed by atoms with Crippen LogP contribution in [0.15, 0.2) is 0 Å². The summed E-state index contributed by atoms with van der Waals surface area (Å²) in [5, 5.41) is 9.83. The molecule has 0 spiro atoms. The fourth-order valence-electron chi connectivity index (χ4n) is 8.49. The molecular formula is C50H98N2O6. The Hall–Kier alpha value is -1.22. The zero-order chi connectivity index (χ0) is 42.2. The fraction of sp³-hybridized carbons (Fsp3) is 0.960. The van der Waals surface area contributed by atoms with Crippen molar-refractivity contribution in [2.24, 2.45) is 5.92 Å². The minimum Gasteiger partial charge on any atom is -0.466 e. The molecule has 0 bridgehead atoms. The second-order valence-corrected chi connectivity index (χ2v) is 17.9. The van der Waals surface area contributed by atoms with Crippen molar-refractivity contribution in [2.45, 2.75) is 245 Å². The zero-order valence-corrected chi connectivity index (χ0v) is 39.1. The number of carbonyl (C=O) groups is 2. The number of hydrogen-bond acceptors (Lipinski definition) is 8. The van der Waals surface area contributed by atoms with Gasteiger partial charge in [-0.3, -0.25) is 19.4 Å². The first-order valence-electron chi connectivity index (χ1n) is 25.4. The van der Waals surface area contributed by atoms with E-state index in [9.17, 15) is 14.7 Å². The van der Waals surface area contributed by atoms with Crippen molar-refractivity contribution < 1.29 is 28.9 Å². The summed E-state index contributed by atoms with van der Waals surface area (Å²) in [6, 6.07) is 0.546. The van der Waals surface area contributed by atoms with E-state index < -0.39 is 0 Å². The Kier molecular flexibility index (Phi) is 38.9. The van der Waals surface area contributed by atoms with Gasteiger partial charge in [-0.2, -0.15) is 0 Å². The number of carbonyl (C=O) groups excluding carboxylic acids is 2. The number of aliphatic hydroxyl groups excluding tert-OH is 1. The number of hydrogen-bond donors (Lipinski definition) is 1. The second-order valence-electron chi connectivity index (χ2n) is 17.9. The summed E-state index contributed by atoms with van der Waals surface area (Å²) >= 11 is 0. The molecule has 0 radical (unpaired) electrons. The van der Waals surface area contributed by atoms with E-state index in [1.807, 2.05) is 7.11 Å². The molecule has 1 fully saturated rings. The summed E-state index contributed by atoms with van der Waals surface area (Å²) in [4.78, 5) is 30.0. The van der Waals surface area contributed by atoms with Gasteiger partial charge >= 0.3 is 11.9 Å². The molecule has 0 aromatic rings. The van der Waals surface area contributed by atoms with Gasteiger partial charge in [-0.15, -0.1) is 0 Å².